The molecule has 2 aromatic rings. The van der Waals surface area contributed by atoms with E-state index in [0.717, 1.165) is 50.2 Å². The molecule has 0 amide bonds. The van der Waals surface area contributed by atoms with Gasteiger partial charge in [-0.25, -0.2) is 0 Å². The van der Waals surface area contributed by atoms with E-state index in [4.69, 9.17) is 16.3 Å². The van der Waals surface area contributed by atoms with E-state index in [0.29, 0.717) is 16.3 Å². The number of anilines is 1. The summed E-state index contributed by atoms with van der Waals surface area (Å²) >= 11 is 6.50. The van der Waals surface area contributed by atoms with Crippen LogP contribution >= 0.6 is 11.6 Å². The normalized spacial score (nSPS) is 10.4. The standard InChI is InChI=1S/C22H27ClN2O/c1-4-6-12-25(13-7-5-2)21-15-18(16-24)14-20(23)22(21)26-19-10-8-17(3)9-11-19/h8-11,14-15H,4-7,12-13H2,1-3H3. The predicted molar refractivity (Wildman–Crippen MR) is 109 cm³/mol. The average Bonchev–Trinajstić information content (AvgIpc) is 2.65. The average molecular weight is 371 g/mol. The molecule has 0 fully saturated rings. The molecule has 0 aliphatic heterocycles. The number of hydrogen-bond acceptors (Lipinski definition) is 3. The van der Waals surface area contributed by atoms with Crippen molar-refractivity contribution in [1.82, 2.24) is 0 Å². The van der Waals surface area contributed by atoms with Gasteiger partial charge in [-0.15, -0.1) is 0 Å². The highest BCUT2D eigenvalue weighted by Crippen LogP contribution is 2.40. The molecule has 0 N–H and O–H groups in total. The molecule has 0 unspecified atom stereocenters. The van der Waals surface area contributed by atoms with Gasteiger partial charge in [0.1, 0.15) is 5.75 Å². The third kappa shape index (κ3) is 5.41. The van der Waals surface area contributed by atoms with Crippen LogP contribution in [0.2, 0.25) is 5.02 Å². The van der Waals surface area contributed by atoms with Crippen molar-refractivity contribution in [3.63, 3.8) is 0 Å². The van der Waals surface area contributed by atoms with Crippen LogP contribution in [-0.2, 0) is 0 Å². The van der Waals surface area contributed by atoms with Crippen molar-refractivity contribution in [3.05, 3.63) is 52.5 Å². The first-order valence-corrected chi connectivity index (χ1v) is 9.70. The van der Waals surface area contributed by atoms with Crippen molar-refractivity contribution in [2.24, 2.45) is 0 Å². The Hall–Kier alpha value is -2.18. The summed E-state index contributed by atoms with van der Waals surface area (Å²) in [4.78, 5) is 2.29. The zero-order chi connectivity index (χ0) is 18.9. The summed E-state index contributed by atoms with van der Waals surface area (Å²) in [5.41, 5.74) is 2.63. The van der Waals surface area contributed by atoms with Crippen LogP contribution in [0.3, 0.4) is 0 Å². The van der Waals surface area contributed by atoms with Gasteiger partial charge < -0.3 is 9.64 Å². The number of ether oxygens (including phenoxy) is 1. The summed E-state index contributed by atoms with van der Waals surface area (Å²) in [6, 6.07) is 13.7. The SMILES string of the molecule is CCCCN(CCCC)c1cc(C#N)cc(Cl)c1Oc1ccc(C)cc1. The zero-order valence-corrected chi connectivity index (χ0v) is 16.6. The van der Waals surface area contributed by atoms with E-state index in [-0.39, 0.29) is 0 Å². The van der Waals surface area contributed by atoms with Crippen molar-refractivity contribution >= 4 is 17.3 Å². The molecule has 0 spiro atoms. The molecule has 0 saturated carbocycles. The van der Waals surface area contributed by atoms with Crippen LogP contribution in [-0.4, -0.2) is 13.1 Å². The van der Waals surface area contributed by atoms with E-state index in [1.165, 1.54) is 5.56 Å². The van der Waals surface area contributed by atoms with Gasteiger partial charge in [0.2, 0.25) is 0 Å². The minimum Gasteiger partial charge on any atom is -0.454 e. The topological polar surface area (TPSA) is 36.3 Å². The molecule has 0 aliphatic carbocycles. The van der Waals surface area contributed by atoms with Crippen LogP contribution < -0.4 is 9.64 Å². The van der Waals surface area contributed by atoms with Crippen LogP contribution in [0.5, 0.6) is 11.5 Å². The van der Waals surface area contributed by atoms with Crippen molar-refractivity contribution in [2.45, 2.75) is 46.5 Å². The molecule has 0 heterocycles. The summed E-state index contributed by atoms with van der Waals surface area (Å²) in [6.07, 6.45) is 4.40. The monoisotopic (exact) mass is 370 g/mol. The molecule has 0 radical (unpaired) electrons. The van der Waals surface area contributed by atoms with Crippen LogP contribution in [0.1, 0.15) is 50.7 Å². The molecule has 26 heavy (non-hydrogen) atoms. The van der Waals surface area contributed by atoms with Gasteiger partial charge in [0, 0.05) is 13.1 Å². The number of nitrogens with zero attached hydrogens (tertiary/aromatic N) is 2. The zero-order valence-electron chi connectivity index (χ0n) is 15.9. The number of hydrogen-bond donors (Lipinski definition) is 0. The van der Waals surface area contributed by atoms with E-state index in [9.17, 15) is 5.26 Å². The second-order valence-electron chi connectivity index (χ2n) is 6.53. The lowest BCUT2D eigenvalue weighted by molar-refractivity contribution is 0.480. The summed E-state index contributed by atoms with van der Waals surface area (Å²) in [6.45, 7) is 8.25. The first kappa shape index (κ1) is 20.1. The summed E-state index contributed by atoms with van der Waals surface area (Å²) in [5, 5.41) is 9.83. The smallest absolute Gasteiger partial charge is 0.169 e. The van der Waals surface area contributed by atoms with Crippen LogP contribution in [0.25, 0.3) is 0 Å². The Morgan fingerprint density at radius 2 is 1.65 bits per heavy atom. The van der Waals surface area contributed by atoms with Crippen molar-refractivity contribution in [2.75, 3.05) is 18.0 Å². The Kier molecular flexibility index (Phi) is 7.81. The van der Waals surface area contributed by atoms with Crippen molar-refractivity contribution < 1.29 is 4.74 Å². The van der Waals surface area contributed by atoms with E-state index in [1.807, 2.05) is 37.3 Å². The molecule has 3 nitrogen and oxygen atoms in total. The van der Waals surface area contributed by atoms with Crippen LogP contribution in [0, 0.1) is 18.3 Å². The number of unbranched alkanes of at least 4 members (excludes halogenated alkanes) is 2. The third-order valence-corrected chi connectivity index (χ3v) is 4.58. The van der Waals surface area contributed by atoms with E-state index in [2.05, 4.69) is 24.8 Å². The number of aryl methyl sites for hydroxylation is 1. The molecule has 0 atom stereocenters. The predicted octanol–water partition coefficient (Wildman–Crippen LogP) is 6.72. The summed E-state index contributed by atoms with van der Waals surface area (Å²) < 4.78 is 6.15. The largest absolute Gasteiger partial charge is 0.454 e. The van der Waals surface area contributed by atoms with E-state index in [1.54, 1.807) is 6.07 Å². The maximum absolute atomic E-state index is 9.36. The Labute approximate surface area is 162 Å². The van der Waals surface area contributed by atoms with Gasteiger partial charge >= 0.3 is 0 Å². The lowest BCUT2D eigenvalue weighted by Gasteiger charge is -2.27. The highest BCUT2D eigenvalue weighted by molar-refractivity contribution is 6.32. The van der Waals surface area contributed by atoms with Crippen molar-refractivity contribution in [1.29, 1.82) is 5.26 Å². The fourth-order valence-electron chi connectivity index (χ4n) is 2.75. The maximum Gasteiger partial charge on any atom is 0.169 e. The minimum atomic E-state index is 0.470. The van der Waals surface area contributed by atoms with Crippen molar-refractivity contribution in [3.8, 4) is 17.6 Å². The maximum atomic E-state index is 9.36. The van der Waals surface area contributed by atoms with Gasteiger partial charge in [-0.3, -0.25) is 0 Å². The second-order valence-corrected chi connectivity index (χ2v) is 6.93. The number of rotatable bonds is 9. The Bertz CT molecular complexity index is 742. The van der Waals surface area contributed by atoms with Crippen LogP contribution in [0.4, 0.5) is 5.69 Å². The van der Waals surface area contributed by atoms with E-state index < -0.39 is 0 Å². The lowest BCUT2D eigenvalue weighted by atomic mass is 10.1. The Balaban J connectivity index is 2.44. The van der Waals surface area contributed by atoms with Gasteiger partial charge in [-0.1, -0.05) is 56.0 Å². The molecule has 4 heteroatoms. The Morgan fingerprint density at radius 3 is 2.19 bits per heavy atom. The summed E-state index contributed by atoms with van der Waals surface area (Å²) in [5.74, 6) is 1.37. The molecule has 0 saturated heterocycles. The first-order valence-electron chi connectivity index (χ1n) is 9.32. The molecule has 0 bridgehead atoms. The summed E-state index contributed by atoms with van der Waals surface area (Å²) in [7, 11) is 0. The van der Waals surface area contributed by atoms with E-state index >= 15 is 0 Å². The number of nitriles is 1. The third-order valence-electron chi connectivity index (χ3n) is 4.30. The molecule has 138 valence electrons. The lowest BCUT2D eigenvalue weighted by Crippen LogP contribution is -2.26. The van der Waals surface area contributed by atoms with Gasteiger partial charge in [0.05, 0.1) is 22.3 Å². The van der Waals surface area contributed by atoms with Crippen LogP contribution in [0.15, 0.2) is 36.4 Å². The van der Waals surface area contributed by atoms with Gasteiger partial charge in [0.25, 0.3) is 0 Å². The molecular formula is C22H27ClN2O. The molecular weight excluding hydrogens is 344 g/mol. The molecule has 2 rings (SSSR count). The molecule has 0 aromatic heterocycles. The minimum absolute atomic E-state index is 0.470. The molecule has 2 aromatic carbocycles. The number of halogens is 1. The van der Waals surface area contributed by atoms with Gasteiger partial charge in [0.15, 0.2) is 5.75 Å². The van der Waals surface area contributed by atoms with Gasteiger partial charge in [-0.2, -0.15) is 5.26 Å². The molecule has 0 aliphatic rings. The van der Waals surface area contributed by atoms with Gasteiger partial charge in [-0.05, 0) is 44.0 Å². The fraction of sp³-hybridized carbons (Fsp3) is 0.409. The second kappa shape index (κ2) is 10.1. The number of benzene rings is 2. The highest BCUT2D eigenvalue weighted by Gasteiger charge is 2.18. The Morgan fingerprint density at radius 1 is 1.04 bits per heavy atom. The first-order chi connectivity index (χ1) is 12.6. The quantitative estimate of drug-likeness (QED) is 0.491. The highest BCUT2D eigenvalue weighted by atomic mass is 35.5. The fourth-order valence-corrected chi connectivity index (χ4v) is 3.01.